The number of methoxy groups -OCH3 is 1. The highest BCUT2D eigenvalue weighted by Gasteiger charge is 2.19. The minimum Gasteiger partial charge on any atom is -0.496 e. The van der Waals surface area contributed by atoms with Gasteiger partial charge in [0.1, 0.15) is 5.75 Å². The highest BCUT2D eigenvalue weighted by atomic mass is 35.5. The average molecular weight is 371 g/mol. The van der Waals surface area contributed by atoms with E-state index in [9.17, 15) is 0 Å². The maximum atomic E-state index is 6.03. The van der Waals surface area contributed by atoms with E-state index >= 15 is 0 Å². The SMILES string of the molecule is COc1ccccc1[C@@H](C)N(C)Cc1nc(C)c(-c2ccc(Cl)cc2)o1. The molecule has 26 heavy (non-hydrogen) atoms. The number of aryl methyl sites for hydroxylation is 1. The fourth-order valence-electron chi connectivity index (χ4n) is 2.99. The van der Waals surface area contributed by atoms with Crippen LogP contribution in [-0.2, 0) is 6.54 Å². The minimum atomic E-state index is 0.164. The highest BCUT2D eigenvalue weighted by molar-refractivity contribution is 6.30. The largest absolute Gasteiger partial charge is 0.496 e. The number of hydrogen-bond donors (Lipinski definition) is 0. The van der Waals surface area contributed by atoms with Gasteiger partial charge in [0.05, 0.1) is 19.3 Å². The summed E-state index contributed by atoms with van der Waals surface area (Å²) >= 11 is 5.97. The van der Waals surface area contributed by atoms with Crippen molar-refractivity contribution >= 4 is 11.6 Å². The molecule has 0 unspecified atom stereocenters. The van der Waals surface area contributed by atoms with Crippen molar-refractivity contribution in [1.82, 2.24) is 9.88 Å². The zero-order valence-corrected chi connectivity index (χ0v) is 16.2. The highest BCUT2D eigenvalue weighted by Crippen LogP contribution is 2.30. The quantitative estimate of drug-likeness (QED) is 0.573. The normalized spacial score (nSPS) is 12.4. The molecule has 0 aliphatic rings. The van der Waals surface area contributed by atoms with Gasteiger partial charge in [-0.1, -0.05) is 29.8 Å². The Labute approximate surface area is 159 Å². The van der Waals surface area contributed by atoms with Gasteiger partial charge in [-0.25, -0.2) is 4.98 Å². The van der Waals surface area contributed by atoms with Gasteiger partial charge in [-0.05, 0) is 51.2 Å². The van der Waals surface area contributed by atoms with Gasteiger partial charge in [0.15, 0.2) is 5.76 Å². The van der Waals surface area contributed by atoms with Crippen LogP contribution in [0.3, 0.4) is 0 Å². The van der Waals surface area contributed by atoms with Gasteiger partial charge < -0.3 is 9.15 Å². The van der Waals surface area contributed by atoms with Crippen LogP contribution in [0.15, 0.2) is 52.9 Å². The third-order valence-corrected chi connectivity index (χ3v) is 4.83. The number of para-hydroxylation sites is 1. The molecule has 0 spiro atoms. The zero-order chi connectivity index (χ0) is 18.7. The van der Waals surface area contributed by atoms with Crippen LogP contribution in [0.25, 0.3) is 11.3 Å². The second-order valence-electron chi connectivity index (χ2n) is 6.36. The lowest BCUT2D eigenvalue weighted by Gasteiger charge is -2.25. The molecule has 3 aromatic rings. The number of hydrogen-bond acceptors (Lipinski definition) is 4. The molecule has 0 aliphatic heterocycles. The summed E-state index contributed by atoms with van der Waals surface area (Å²) in [6.45, 7) is 4.71. The van der Waals surface area contributed by atoms with E-state index in [0.29, 0.717) is 17.5 Å². The van der Waals surface area contributed by atoms with E-state index in [1.165, 1.54) is 0 Å². The van der Waals surface area contributed by atoms with Gasteiger partial charge in [-0.15, -0.1) is 0 Å². The first-order chi connectivity index (χ1) is 12.5. The third-order valence-electron chi connectivity index (χ3n) is 4.58. The molecule has 5 heteroatoms. The molecule has 1 heterocycles. The Hall–Kier alpha value is -2.30. The van der Waals surface area contributed by atoms with Crippen molar-refractivity contribution in [3.05, 3.63) is 70.7 Å². The number of rotatable bonds is 6. The van der Waals surface area contributed by atoms with Crippen LogP contribution in [-0.4, -0.2) is 24.0 Å². The molecule has 4 nitrogen and oxygen atoms in total. The number of nitrogens with zero attached hydrogens (tertiary/aromatic N) is 2. The number of halogens is 1. The topological polar surface area (TPSA) is 38.5 Å². The number of ether oxygens (including phenoxy) is 1. The van der Waals surface area contributed by atoms with Crippen molar-refractivity contribution in [3.63, 3.8) is 0 Å². The van der Waals surface area contributed by atoms with Crippen LogP contribution in [0.5, 0.6) is 5.75 Å². The van der Waals surface area contributed by atoms with Crippen molar-refractivity contribution in [3.8, 4) is 17.1 Å². The predicted octanol–water partition coefficient (Wildman–Crippen LogP) is 5.51. The van der Waals surface area contributed by atoms with E-state index < -0.39 is 0 Å². The molecule has 1 atom stereocenters. The molecule has 2 aromatic carbocycles. The molecular formula is C21H23ClN2O2. The summed E-state index contributed by atoms with van der Waals surface area (Å²) in [4.78, 5) is 6.78. The Morgan fingerprint density at radius 3 is 2.54 bits per heavy atom. The summed E-state index contributed by atoms with van der Waals surface area (Å²) < 4.78 is 11.5. The molecule has 0 bridgehead atoms. The van der Waals surface area contributed by atoms with E-state index in [1.807, 2.05) is 49.4 Å². The van der Waals surface area contributed by atoms with Crippen molar-refractivity contribution in [2.45, 2.75) is 26.4 Å². The van der Waals surface area contributed by atoms with Crippen molar-refractivity contribution < 1.29 is 9.15 Å². The van der Waals surface area contributed by atoms with Crippen molar-refractivity contribution in [1.29, 1.82) is 0 Å². The first kappa shape index (κ1) is 18.5. The minimum absolute atomic E-state index is 0.164. The molecule has 136 valence electrons. The molecule has 1 aromatic heterocycles. The fourth-order valence-corrected chi connectivity index (χ4v) is 3.11. The first-order valence-corrected chi connectivity index (χ1v) is 8.92. The van der Waals surface area contributed by atoms with Gasteiger partial charge in [-0.3, -0.25) is 4.90 Å². The molecule has 0 fully saturated rings. The van der Waals surface area contributed by atoms with Gasteiger partial charge in [0, 0.05) is 22.2 Å². The van der Waals surface area contributed by atoms with Crippen LogP contribution in [0.4, 0.5) is 0 Å². The third kappa shape index (κ3) is 3.92. The lowest BCUT2D eigenvalue weighted by atomic mass is 10.1. The summed E-state index contributed by atoms with van der Waals surface area (Å²) in [6.07, 6.45) is 0. The van der Waals surface area contributed by atoms with Crippen LogP contribution >= 0.6 is 11.6 Å². The second-order valence-corrected chi connectivity index (χ2v) is 6.80. The smallest absolute Gasteiger partial charge is 0.209 e. The monoisotopic (exact) mass is 370 g/mol. The molecule has 3 rings (SSSR count). The second kappa shape index (κ2) is 7.94. The lowest BCUT2D eigenvalue weighted by molar-refractivity contribution is 0.224. The fraction of sp³-hybridized carbons (Fsp3) is 0.286. The van der Waals surface area contributed by atoms with E-state index in [2.05, 4.69) is 29.9 Å². The van der Waals surface area contributed by atoms with Crippen LogP contribution in [0.1, 0.15) is 30.1 Å². The summed E-state index contributed by atoms with van der Waals surface area (Å²) in [7, 11) is 3.75. The molecule has 0 N–H and O–H groups in total. The summed E-state index contributed by atoms with van der Waals surface area (Å²) in [5, 5.41) is 0.705. The molecule has 0 radical (unpaired) electrons. The summed E-state index contributed by atoms with van der Waals surface area (Å²) in [5.41, 5.74) is 2.99. The maximum Gasteiger partial charge on any atom is 0.209 e. The first-order valence-electron chi connectivity index (χ1n) is 8.55. The Morgan fingerprint density at radius 1 is 1.15 bits per heavy atom. The van der Waals surface area contributed by atoms with Gasteiger partial charge in [-0.2, -0.15) is 0 Å². The molecule has 0 aliphatic carbocycles. The van der Waals surface area contributed by atoms with Crippen LogP contribution in [0.2, 0.25) is 5.02 Å². The van der Waals surface area contributed by atoms with E-state index in [4.69, 9.17) is 20.8 Å². The Balaban J connectivity index is 1.78. The van der Waals surface area contributed by atoms with Gasteiger partial charge >= 0.3 is 0 Å². The molecule has 0 saturated heterocycles. The molecular weight excluding hydrogens is 348 g/mol. The predicted molar refractivity (Wildman–Crippen MR) is 105 cm³/mol. The number of aromatic nitrogens is 1. The average Bonchev–Trinajstić information content (AvgIpc) is 3.01. The summed E-state index contributed by atoms with van der Waals surface area (Å²) in [6, 6.07) is 15.8. The molecule has 0 saturated carbocycles. The zero-order valence-electron chi connectivity index (χ0n) is 15.5. The van der Waals surface area contributed by atoms with Crippen molar-refractivity contribution in [2.75, 3.05) is 14.2 Å². The van der Waals surface area contributed by atoms with E-state index in [0.717, 1.165) is 28.3 Å². The van der Waals surface area contributed by atoms with Gasteiger partial charge in [0.25, 0.3) is 0 Å². The number of oxazole rings is 1. The van der Waals surface area contributed by atoms with Gasteiger partial charge in [0.2, 0.25) is 5.89 Å². The van der Waals surface area contributed by atoms with E-state index in [-0.39, 0.29) is 6.04 Å². The van der Waals surface area contributed by atoms with Crippen molar-refractivity contribution in [2.24, 2.45) is 0 Å². The summed E-state index contributed by atoms with van der Waals surface area (Å²) in [5.74, 6) is 2.36. The van der Waals surface area contributed by atoms with Crippen LogP contribution in [0, 0.1) is 6.92 Å². The lowest BCUT2D eigenvalue weighted by Crippen LogP contribution is -2.22. The van der Waals surface area contributed by atoms with Crippen LogP contribution < -0.4 is 4.74 Å². The Kier molecular flexibility index (Phi) is 5.64. The number of benzene rings is 2. The molecule has 0 amide bonds. The maximum absolute atomic E-state index is 6.03. The standard InChI is InChI=1S/C21H23ClN2O2/c1-14-21(16-9-11-17(22)12-10-16)26-20(23-14)13-24(3)15(2)18-7-5-6-8-19(18)25-4/h5-12,15H,13H2,1-4H3/t15-/m1/s1. The van der Waals surface area contributed by atoms with E-state index in [1.54, 1.807) is 7.11 Å². The Morgan fingerprint density at radius 2 is 1.85 bits per heavy atom. The Bertz CT molecular complexity index is 874.